The van der Waals surface area contributed by atoms with E-state index in [1.165, 1.54) is 34.3 Å². The van der Waals surface area contributed by atoms with E-state index in [-0.39, 0.29) is 20.1 Å². The summed E-state index contributed by atoms with van der Waals surface area (Å²) in [6.07, 6.45) is 7.04. The molecule has 4 heterocycles. The molecule has 0 aliphatic rings. The van der Waals surface area contributed by atoms with Crippen LogP contribution < -0.4 is 0 Å². The van der Waals surface area contributed by atoms with Gasteiger partial charge in [0, 0.05) is 61.8 Å². The van der Waals surface area contributed by atoms with Crippen LogP contribution in [0.1, 0.15) is 67.7 Å². The summed E-state index contributed by atoms with van der Waals surface area (Å²) in [5.41, 5.74) is 12.1. The number of rotatable bonds is 6. The van der Waals surface area contributed by atoms with Crippen molar-refractivity contribution >= 4 is 22.2 Å². The van der Waals surface area contributed by atoms with Crippen molar-refractivity contribution in [2.75, 3.05) is 0 Å². The smallest absolute Gasteiger partial charge is 0.180 e. The molecule has 0 N–H and O–H groups in total. The maximum Gasteiger partial charge on any atom is 0.180 e. The molecule has 50 heavy (non-hydrogen) atoms. The Morgan fingerprint density at radius 3 is 2.06 bits per heavy atom. The van der Waals surface area contributed by atoms with E-state index in [2.05, 4.69) is 114 Å². The van der Waals surface area contributed by atoms with E-state index in [1.807, 2.05) is 48.1 Å². The molecule has 255 valence electrons. The van der Waals surface area contributed by atoms with Crippen molar-refractivity contribution < 1.29 is 28.9 Å². The first-order chi connectivity index (χ1) is 23.7. The second-order valence-electron chi connectivity index (χ2n) is 12.8. The molecule has 9 nitrogen and oxygen atoms in total. The molecular weight excluding hydrogens is 803 g/mol. The van der Waals surface area contributed by atoms with Gasteiger partial charge in [0.1, 0.15) is 6.33 Å². The van der Waals surface area contributed by atoms with Gasteiger partial charge in [-0.1, -0.05) is 64.1 Å². The molecule has 8 rings (SSSR count). The van der Waals surface area contributed by atoms with Gasteiger partial charge in [-0.25, -0.2) is 9.97 Å². The van der Waals surface area contributed by atoms with E-state index < -0.39 is 0 Å². The Morgan fingerprint density at radius 1 is 0.720 bits per heavy atom. The molecule has 1 radical (unpaired) electrons. The summed E-state index contributed by atoms with van der Waals surface area (Å²) in [5, 5.41) is 8.33. The predicted molar refractivity (Wildman–Crippen MR) is 191 cm³/mol. The summed E-state index contributed by atoms with van der Waals surface area (Å²) in [6.45, 7) is 14.9. The number of imidazole rings is 1. The van der Waals surface area contributed by atoms with Crippen LogP contribution in [0.4, 0.5) is 0 Å². The van der Waals surface area contributed by atoms with Crippen LogP contribution in [0.5, 0.6) is 0 Å². The van der Waals surface area contributed by atoms with Crippen LogP contribution in [-0.4, -0.2) is 34.3 Å². The number of oxazole rings is 2. The maximum absolute atomic E-state index is 5.59. The maximum atomic E-state index is 5.59. The Balaban J connectivity index is 0.000000173. The van der Waals surface area contributed by atoms with Crippen molar-refractivity contribution in [1.82, 2.24) is 34.3 Å². The van der Waals surface area contributed by atoms with Crippen LogP contribution in [0.2, 0.25) is 0 Å². The molecule has 0 saturated carbocycles. The van der Waals surface area contributed by atoms with Gasteiger partial charge in [-0.2, -0.15) is 5.10 Å². The zero-order valence-electron chi connectivity index (χ0n) is 29.0. The number of para-hydroxylation sites is 2. The molecule has 4 aromatic carbocycles. The van der Waals surface area contributed by atoms with Gasteiger partial charge in [0.05, 0.1) is 22.8 Å². The fraction of sp³-hybridized carbons (Fsp3) is 0.225. The molecule has 0 aliphatic carbocycles. The van der Waals surface area contributed by atoms with Crippen LogP contribution in [-0.2, 0) is 20.1 Å². The number of hydrogen-bond acceptors (Lipinski definition) is 7. The Labute approximate surface area is 304 Å². The number of fused-ring (bicyclic) bond motifs is 2. The SMILES string of the molecule is Cc1cccc(C)c1-n1cnnc1-c1[c-]cc2ocnc2c1.Cc1nc2cc(-c3nccn3-c3c(C(C)C)cccc3C(C)C)[c-]cc2o1.[Ir]. The topological polar surface area (TPSA) is 101 Å². The third-order valence-electron chi connectivity index (χ3n) is 8.63. The molecule has 0 atom stereocenters. The summed E-state index contributed by atoms with van der Waals surface area (Å²) >= 11 is 0. The van der Waals surface area contributed by atoms with E-state index in [9.17, 15) is 0 Å². The number of benzene rings is 4. The van der Waals surface area contributed by atoms with E-state index in [4.69, 9.17) is 8.83 Å². The van der Waals surface area contributed by atoms with E-state index in [0.29, 0.717) is 23.3 Å². The summed E-state index contributed by atoms with van der Waals surface area (Å²) < 4.78 is 15.0. The van der Waals surface area contributed by atoms with Crippen molar-refractivity contribution in [2.24, 2.45) is 0 Å². The first-order valence-electron chi connectivity index (χ1n) is 16.4. The van der Waals surface area contributed by atoms with E-state index in [0.717, 1.165) is 45.1 Å². The molecule has 0 unspecified atom stereocenters. The molecule has 10 heteroatoms. The minimum absolute atomic E-state index is 0. The van der Waals surface area contributed by atoms with Crippen LogP contribution in [0, 0.1) is 32.9 Å². The van der Waals surface area contributed by atoms with Gasteiger partial charge >= 0.3 is 0 Å². The summed E-state index contributed by atoms with van der Waals surface area (Å²) in [6, 6.07) is 26.8. The number of aryl methyl sites for hydroxylation is 3. The van der Waals surface area contributed by atoms with E-state index >= 15 is 0 Å². The number of hydrogen-bond donors (Lipinski definition) is 0. The first kappa shape index (κ1) is 34.7. The standard InChI is InChI=1S/C23H24N3O.C17H13N4O.Ir/c1-14(2)18-7-6-8-19(15(3)4)22(18)26-12-11-24-23(26)17-9-10-21-20(13-17)25-16(5)27-21;1-11-4-3-5-12(2)16(11)21-9-19-20-17(21)13-6-7-15-14(8-13)18-10-22-15;/h6-8,10-15H,1-5H3;3-5,7-10H,1-2H3;/q2*-1;. The normalized spacial score (nSPS) is 11.3. The third-order valence-corrected chi connectivity index (χ3v) is 8.63. The van der Waals surface area contributed by atoms with Crippen molar-refractivity contribution in [1.29, 1.82) is 0 Å². The first-order valence-corrected chi connectivity index (χ1v) is 16.4. The van der Waals surface area contributed by atoms with Crippen LogP contribution in [0.15, 0.2) is 94.6 Å². The second-order valence-corrected chi connectivity index (χ2v) is 12.8. The van der Waals surface area contributed by atoms with Crippen LogP contribution >= 0.6 is 0 Å². The van der Waals surface area contributed by atoms with Gasteiger partial charge < -0.3 is 18.0 Å². The van der Waals surface area contributed by atoms with Crippen molar-refractivity contribution in [2.45, 2.75) is 60.3 Å². The monoisotopic (exact) mass is 840 g/mol. The largest absolute Gasteiger partial charge is 0.490 e. The minimum Gasteiger partial charge on any atom is -0.490 e. The number of aromatic nitrogens is 7. The van der Waals surface area contributed by atoms with Gasteiger partial charge in [0.15, 0.2) is 12.3 Å². The average molecular weight is 840 g/mol. The Kier molecular flexibility index (Phi) is 9.95. The molecule has 8 aromatic rings. The fourth-order valence-electron chi connectivity index (χ4n) is 6.29. The molecule has 0 saturated heterocycles. The molecule has 0 spiro atoms. The van der Waals surface area contributed by atoms with E-state index in [1.54, 1.807) is 12.4 Å². The van der Waals surface area contributed by atoms with Crippen LogP contribution in [0.3, 0.4) is 0 Å². The van der Waals surface area contributed by atoms with Crippen molar-refractivity contribution in [3.8, 4) is 34.2 Å². The summed E-state index contributed by atoms with van der Waals surface area (Å²) in [4.78, 5) is 13.3. The Morgan fingerprint density at radius 2 is 1.36 bits per heavy atom. The minimum atomic E-state index is 0. The zero-order valence-corrected chi connectivity index (χ0v) is 31.4. The summed E-state index contributed by atoms with van der Waals surface area (Å²) in [7, 11) is 0. The zero-order chi connectivity index (χ0) is 34.2. The molecule has 4 aromatic heterocycles. The van der Waals surface area contributed by atoms with Crippen LogP contribution in [0.25, 0.3) is 56.3 Å². The van der Waals surface area contributed by atoms with Crippen molar-refractivity contribution in [3.63, 3.8) is 0 Å². The molecule has 0 aliphatic heterocycles. The van der Waals surface area contributed by atoms with Gasteiger partial charge in [-0.3, -0.25) is 4.98 Å². The second kappa shape index (κ2) is 14.4. The van der Waals surface area contributed by atoms with Gasteiger partial charge in [-0.15, -0.1) is 52.6 Å². The summed E-state index contributed by atoms with van der Waals surface area (Å²) in [5.74, 6) is 3.10. The molecule has 0 fully saturated rings. The van der Waals surface area contributed by atoms with Gasteiger partial charge in [-0.05, 0) is 47.9 Å². The Hall–Kier alpha value is -5.18. The van der Waals surface area contributed by atoms with Gasteiger partial charge in [0.2, 0.25) is 0 Å². The average Bonchev–Trinajstić information content (AvgIpc) is 3.90. The Bertz CT molecular complexity index is 2370. The van der Waals surface area contributed by atoms with Gasteiger partial charge in [0.25, 0.3) is 0 Å². The predicted octanol–water partition coefficient (Wildman–Crippen LogP) is 9.53. The van der Waals surface area contributed by atoms with Crippen molar-refractivity contribution in [3.05, 3.63) is 126 Å². The molecule has 0 amide bonds. The third kappa shape index (κ3) is 6.56. The molecular formula is C40H37IrN7O2-2. The fourth-order valence-corrected chi connectivity index (χ4v) is 6.29. The number of nitrogens with zero attached hydrogens (tertiary/aromatic N) is 7. The quantitative estimate of drug-likeness (QED) is 0.154. The molecule has 0 bridgehead atoms.